The lowest BCUT2D eigenvalue weighted by atomic mass is 10.3. The summed E-state index contributed by atoms with van der Waals surface area (Å²) in [4.78, 5) is 11.7. The second-order valence-corrected chi connectivity index (χ2v) is 2.24. The van der Waals surface area contributed by atoms with Gasteiger partial charge in [-0.2, -0.15) is 5.26 Å². The monoisotopic (exact) mass is 156 g/mol. The van der Waals surface area contributed by atoms with E-state index in [1.807, 2.05) is 6.07 Å². The van der Waals surface area contributed by atoms with E-state index in [1.54, 1.807) is 18.3 Å². The minimum Gasteiger partial charge on any atom is -0.244 e. The summed E-state index contributed by atoms with van der Waals surface area (Å²) in [5.41, 5.74) is 0.935. The molecule has 0 saturated carbocycles. The van der Waals surface area contributed by atoms with Gasteiger partial charge in [0.05, 0.1) is 0 Å². The number of hydrogen-bond donors (Lipinski definition) is 0. The van der Waals surface area contributed by atoms with Crippen LogP contribution in [0.1, 0.15) is 5.69 Å². The molecule has 12 heavy (non-hydrogen) atoms. The molecule has 4 nitrogen and oxygen atoms in total. The molecule has 2 rings (SSSR count). The normalized spacial score (nSPS) is 9.58. The molecule has 0 aliphatic carbocycles. The highest BCUT2D eigenvalue weighted by atomic mass is 14.9. The van der Waals surface area contributed by atoms with E-state index in [9.17, 15) is 0 Å². The molecule has 0 unspecified atom stereocenters. The van der Waals surface area contributed by atoms with E-state index in [4.69, 9.17) is 5.26 Å². The summed E-state index contributed by atoms with van der Waals surface area (Å²) in [5.74, 6) is 0. The fraction of sp³-hybridized carbons (Fsp3) is 0. The third kappa shape index (κ3) is 0.974. The predicted molar refractivity (Wildman–Crippen MR) is 42.0 cm³/mol. The molecule has 0 amide bonds. The van der Waals surface area contributed by atoms with E-state index in [1.165, 1.54) is 6.33 Å². The Hall–Kier alpha value is -2.02. The van der Waals surface area contributed by atoms with E-state index in [-0.39, 0.29) is 0 Å². The zero-order chi connectivity index (χ0) is 8.39. The van der Waals surface area contributed by atoms with Crippen LogP contribution in [-0.2, 0) is 0 Å². The molecule has 0 aliphatic heterocycles. The van der Waals surface area contributed by atoms with Crippen molar-refractivity contribution >= 4 is 11.0 Å². The molecule has 0 bridgehead atoms. The van der Waals surface area contributed by atoms with Gasteiger partial charge in [-0.05, 0) is 12.1 Å². The molecule has 2 aromatic rings. The van der Waals surface area contributed by atoms with Crippen LogP contribution in [0.15, 0.2) is 24.7 Å². The number of fused-ring (bicyclic) bond motifs is 1. The van der Waals surface area contributed by atoms with Gasteiger partial charge in [-0.25, -0.2) is 15.0 Å². The summed E-state index contributed by atoms with van der Waals surface area (Å²) in [7, 11) is 0. The van der Waals surface area contributed by atoms with Crippen molar-refractivity contribution in [1.82, 2.24) is 15.0 Å². The molecule has 0 N–H and O–H groups in total. The minimum atomic E-state index is 0.376. The SMILES string of the molecule is N#Cc1ccc2cncnc2n1. The second-order valence-electron chi connectivity index (χ2n) is 2.24. The Morgan fingerprint density at radius 1 is 1.33 bits per heavy atom. The molecule has 0 saturated heterocycles. The molecule has 0 radical (unpaired) electrons. The van der Waals surface area contributed by atoms with Crippen LogP contribution in [0.4, 0.5) is 0 Å². The molecular formula is C8H4N4. The van der Waals surface area contributed by atoms with Gasteiger partial charge in [-0.1, -0.05) is 0 Å². The average Bonchev–Trinajstić information content (AvgIpc) is 2.17. The first-order valence-corrected chi connectivity index (χ1v) is 3.37. The third-order valence-electron chi connectivity index (χ3n) is 1.48. The minimum absolute atomic E-state index is 0.376. The molecule has 2 heterocycles. The smallest absolute Gasteiger partial charge is 0.163 e. The number of nitriles is 1. The van der Waals surface area contributed by atoms with Crippen LogP contribution in [0.2, 0.25) is 0 Å². The molecule has 0 aromatic carbocycles. The molecule has 0 aliphatic rings. The zero-order valence-corrected chi connectivity index (χ0v) is 6.10. The van der Waals surface area contributed by atoms with Gasteiger partial charge in [0.25, 0.3) is 0 Å². The maximum absolute atomic E-state index is 8.54. The summed E-state index contributed by atoms with van der Waals surface area (Å²) >= 11 is 0. The van der Waals surface area contributed by atoms with Crippen molar-refractivity contribution in [3.63, 3.8) is 0 Å². The number of nitrogens with zero attached hydrogens (tertiary/aromatic N) is 4. The quantitative estimate of drug-likeness (QED) is 0.568. The Morgan fingerprint density at radius 2 is 2.25 bits per heavy atom. The van der Waals surface area contributed by atoms with Crippen LogP contribution in [0.3, 0.4) is 0 Å². The number of aromatic nitrogens is 3. The summed E-state index contributed by atoms with van der Waals surface area (Å²) in [5, 5.41) is 9.39. The van der Waals surface area contributed by atoms with Gasteiger partial charge in [-0.15, -0.1) is 0 Å². The molecule has 0 fully saturated rings. The van der Waals surface area contributed by atoms with Crippen molar-refractivity contribution < 1.29 is 0 Å². The summed E-state index contributed by atoms with van der Waals surface area (Å²) < 4.78 is 0. The Bertz CT molecular complexity index is 458. The van der Waals surface area contributed by atoms with Crippen molar-refractivity contribution in [1.29, 1.82) is 5.26 Å². The van der Waals surface area contributed by atoms with Crippen LogP contribution in [0.25, 0.3) is 11.0 Å². The van der Waals surface area contributed by atoms with Crippen molar-refractivity contribution in [2.45, 2.75) is 0 Å². The highest BCUT2D eigenvalue weighted by Crippen LogP contribution is 2.06. The highest BCUT2D eigenvalue weighted by molar-refractivity contribution is 5.73. The molecule has 2 aromatic heterocycles. The van der Waals surface area contributed by atoms with Gasteiger partial charge >= 0.3 is 0 Å². The maximum atomic E-state index is 8.54. The van der Waals surface area contributed by atoms with Gasteiger partial charge in [0.1, 0.15) is 18.1 Å². The lowest BCUT2D eigenvalue weighted by Gasteiger charge is -1.92. The Kier molecular flexibility index (Phi) is 1.42. The Morgan fingerprint density at radius 3 is 3.08 bits per heavy atom. The van der Waals surface area contributed by atoms with Crippen LogP contribution in [0, 0.1) is 11.3 Å². The first-order valence-electron chi connectivity index (χ1n) is 3.37. The summed E-state index contributed by atoms with van der Waals surface area (Å²) in [6, 6.07) is 5.37. The molecule has 0 atom stereocenters. The predicted octanol–water partition coefficient (Wildman–Crippen LogP) is 0.896. The fourth-order valence-corrected chi connectivity index (χ4v) is 0.927. The number of hydrogen-bond acceptors (Lipinski definition) is 4. The molecular weight excluding hydrogens is 152 g/mol. The van der Waals surface area contributed by atoms with E-state index in [2.05, 4.69) is 15.0 Å². The van der Waals surface area contributed by atoms with Crippen molar-refractivity contribution in [3.05, 3.63) is 30.4 Å². The molecule has 4 heteroatoms. The first-order chi connectivity index (χ1) is 5.90. The zero-order valence-electron chi connectivity index (χ0n) is 6.10. The van der Waals surface area contributed by atoms with Crippen molar-refractivity contribution in [2.75, 3.05) is 0 Å². The van der Waals surface area contributed by atoms with Gasteiger partial charge in [0.2, 0.25) is 0 Å². The Labute approximate surface area is 68.5 Å². The number of pyridine rings is 1. The second kappa shape index (κ2) is 2.55. The van der Waals surface area contributed by atoms with Crippen LogP contribution < -0.4 is 0 Å². The first kappa shape index (κ1) is 6.68. The largest absolute Gasteiger partial charge is 0.244 e. The van der Waals surface area contributed by atoms with Gasteiger partial charge < -0.3 is 0 Å². The van der Waals surface area contributed by atoms with Crippen LogP contribution in [0.5, 0.6) is 0 Å². The lowest BCUT2D eigenvalue weighted by molar-refractivity contribution is 1.17. The highest BCUT2D eigenvalue weighted by Gasteiger charge is 1.96. The van der Waals surface area contributed by atoms with Crippen LogP contribution in [-0.4, -0.2) is 15.0 Å². The van der Waals surface area contributed by atoms with Crippen LogP contribution >= 0.6 is 0 Å². The van der Waals surface area contributed by atoms with Gasteiger partial charge in [0, 0.05) is 11.6 Å². The number of rotatable bonds is 0. The summed E-state index contributed by atoms with van der Waals surface area (Å²) in [6.45, 7) is 0. The van der Waals surface area contributed by atoms with E-state index in [0.717, 1.165) is 5.39 Å². The molecule has 56 valence electrons. The topological polar surface area (TPSA) is 62.5 Å². The van der Waals surface area contributed by atoms with Gasteiger partial charge in [0.15, 0.2) is 5.65 Å². The average molecular weight is 156 g/mol. The maximum Gasteiger partial charge on any atom is 0.163 e. The third-order valence-corrected chi connectivity index (χ3v) is 1.48. The van der Waals surface area contributed by atoms with E-state index in [0.29, 0.717) is 11.3 Å². The van der Waals surface area contributed by atoms with Gasteiger partial charge in [-0.3, -0.25) is 0 Å². The summed E-state index contributed by atoms with van der Waals surface area (Å²) in [6.07, 6.45) is 3.08. The fourth-order valence-electron chi connectivity index (χ4n) is 0.927. The van der Waals surface area contributed by atoms with Crippen molar-refractivity contribution in [2.24, 2.45) is 0 Å². The standard InChI is InChI=1S/C8H4N4/c9-3-7-2-1-6-4-10-5-11-8(6)12-7/h1-2,4-5H. The van der Waals surface area contributed by atoms with Crippen molar-refractivity contribution in [3.8, 4) is 6.07 Å². The molecule has 0 spiro atoms. The van der Waals surface area contributed by atoms with E-state index >= 15 is 0 Å². The van der Waals surface area contributed by atoms with E-state index < -0.39 is 0 Å². The Balaban J connectivity index is 2.78. The lowest BCUT2D eigenvalue weighted by Crippen LogP contribution is -1.87.